The topological polar surface area (TPSA) is 237 Å². The number of phosphoric acid groups is 2. The van der Waals surface area contributed by atoms with Crippen molar-refractivity contribution in [2.45, 2.75) is 341 Å². The number of carbonyl (C=O) groups excluding carboxylic acids is 4. The highest BCUT2D eigenvalue weighted by molar-refractivity contribution is 7.47. The Kier molecular flexibility index (Phi) is 68.4. The average molecular weight is 1420 g/mol. The first-order valence-electron chi connectivity index (χ1n) is 38.5. The Morgan fingerprint density at radius 3 is 0.837 bits per heavy atom. The number of unbranched alkanes of at least 4 members (excludes halogenated alkanes) is 30. The standard InChI is InChI=1S/C79H138O17P2/c1-5-9-13-17-21-25-29-32-35-36-39-41-45-48-52-56-60-64-77(82)90-70-75(96-79(84)66-62-58-54-50-46-42-38-34-31-27-23-19-15-11-7-3)72-94-98(87,88)92-68-73(80)67-91-97(85,86)93-71-74(95-78(83)65-61-57-53-49-43-28-24-20-16-12-8-4)69-89-76(81)63-59-55-51-47-44-40-37-33-30-26-22-18-14-10-6-2/h9-10,13-14,21-22,25-26,32-33,35,37,39,41,44,47,73-75,80H,5-8,11-12,15-20,23-24,27-31,34,36,38,40,42-43,45-46,48-72H2,1-4H3,(H,85,86)(H,87,88)/b13-9-,14-10-,25-21-,26-22-,35-32-,37-33-,41-39-,47-44-. The normalized spacial score (nSPS) is 14.5. The summed E-state index contributed by atoms with van der Waals surface area (Å²) in [5.41, 5.74) is 0. The zero-order valence-corrected chi connectivity index (χ0v) is 63.5. The summed E-state index contributed by atoms with van der Waals surface area (Å²) in [7, 11) is -9.96. The molecule has 0 radical (unpaired) electrons. The maximum Gasteiger partial charge on any atom is 0.472 e. The van der Waals surface area contributed by atoms with E-state index in [9.17, 15) is 43.2 Å². The van der Waals surface area contributed by atoms with Crippen LogP contribution in [0.1, 0.15) is 323 Å². The first-order chi connectivity index (χ1) is 47.7. The molecule has 0 aliphatic carbocycles. The highest BCUT2D eigenvalue weighted by atomic mass is 31.2. The number of phosphoric ester groups is 2. The number of rotatable bonds is 72. The van der Waals surface area contributed by atoms with Crippen molar-refractivity contribution < 1.29 is 80.2 Å². The molecule has 0 spiro atoms. The van der Waals surface area contributed by atoms with E-state index in [1.807, 2.05) is 0 Å². The molecule has 3 N–H and O–H groups in total. The van der Waals surface area contributed by atoms with Crippen molar-refractivity contribution in [2.24, 2.45) is 0 Å². The predicted molar refractivity (Wildman–Crippen MR) is 399 cm³/mol. The molecule has 0 aromatic rings. The number of aliphatic hydroxyl groups excluding tert-OH is 1. The van der Waals surface area contributed by atoms with E-state index < -0.39 is 97.5 Å². The van der Waals surface area contributed by atoms with Crippen LogP contribution >= 0.6 is 15.6 Å². The van der Waals surface area contributed by atoms with Gasteiger partial charge in [-0.25, -0.2) is 9.13 Å². The first kappa shape index (κ1) is 94.0. The molecule has 0 amide bonds. The minimum atomic E-state index is -4.98. The van der Waals surface area contributed by atoms with E-state index in [1.165, 1.54) is 103 Å². The lowest BCUT2D eigenvalue weighted by Gasteiger charge is -2.21. The molecule has 0 aromatic heterocycles. The van der Waals surface area contributed by atoms with Crippen LogP contribution in [0.2, 0.25) is 0 Å². The zero-order chi connectivity index (χ0) is 71.8. The molecule has 0 saturated carbocycles. The monoisotopic (exact) mass is 1420 g/mol. The van der Waals surface area contributed by atoms with Crippen LogP contribution in [0, 0.1) is 0 Å². The lowest BCUT2D eigenvalue weighted by atomic mass is 10.0. The van der Waals surface area contributed by atoms with Crippen LogP contribution in [0.3, 0.4) is 0 Å². The Morgan fingerprint density at radius 2 is 0.531 bits per heavy atom. The molecule has 0 fully saturated rings. The predicted octanol–water partition coefficient (Wildman–Crippen LogP) is 22.0. The second-order valence-electron chi connectivity index (χ2n) is 25.5. The number of ether oxygens (including phenoxy) is 4. The number of hydrogen-bond donors (Lipinski definition) is 3. The Balaban J connectivity index is 5.36. The van der Waals surface area contributed by atoms with E-state index in [2.05, 4.69) is 125 Å². The third kappa shape index (κ3) is 70.4. The van der Waals surface area contributed by atoms with Gasteiger partial charge in [-0.15, -0.1) is 0 Å². The van der Waals surface area contributed by atoms with Gasteiger partial charge in [-0.2, -0.15) is 0 Å². The van der Waals surface area contributed by atoms with E-state index in [0.29, 0.717) is 25.7 Å². The average Bonchev–Trinajstić information content (AvgIpc) is 0.986. The Morgan fingerprint density at radius 1 is 0.296 bits per heavy atom. The van der Waals surface area contributed by atoms with E-state index in [-0.39, 0.29) is 25.7 Å². The molecular formula is C79H138O17P2. The summed E-state index contributed by atoms with van der Waals surface area (Å²) < 4.78 is 68.4. The fourth-order valence-electron chi connectivity index (χ4n) is 10.3. The van der Waals surface area contributed by atoms with Gasteiger partial charge < -0.3 is 33.8 Å². The lowest BCUT2D eigenvalue weighted by Crippen LogP contribution is -2.30. The van der Waals surface area contributed by atoms with Gasteiger partial charge in [-0.1, -0.05) is 292 Å². The van der Waals surface area contributed by atoms with E-state index in [0.717, 1.165) is 141 Å². The smallest absolute Gasteiger partial charge is 0.462 e. The van der Waals surface area contributed by atoms with Crippen LogP contribution in [0.4, 0.5) is 0 Å². The molecule has 98 heavy (non-hydrogen) atoms. The van der Waals surface area contributed by atoms with Gasteiger partial charge in [0.1, 0.15) is 19.3 Å². The van der Waals surface area contributed by atoms with E-state index in [1.54, 1.807) is 0 Å². The van der Waals surface area contributed by atoms with Gasteiger partial charge in [0.25, 0.3) is 0 Å². The Bertz CT molecular complexity index is 2240. The van der Waals surface area contributed by atoms with E-state index >= 15 is 0 Å². The van der Waals surface area contributed by atoms with Crippen LogP contribution in [-0.4, -0.2) is 96.7 Å². The third-order valence-corrected chi connectivity index (χ3v) is 18.0. The van der Waals surface area contributed by atoms with Gasteiger partial charge in [0.2, 0.25) is 0 Å². The molecule has 0 saturated heterocycles. The Hall–Kier alpha value is -4.02. The van der Waals surface area contributed by atoms with Gasteiger partial charge >= 0.3 is 39.5 Å². The van der Waals surface area contributed by atoms with Crippen molar-refractivity contribution in [3.63, 3.8) is 0 Å². The summed E-state index contributed by atoms with van der Waals surface area (Å²) in [4.78, 5) is 72.8. The van der Waals surface area contributed by atoms with Gasteiger partial charge in [-0.05, 0) is 103 Å². The molecule has 5 unspecified atom stereocenters. The molecule has 0 aliphatic heterocycles. The van der Waals surface area contributed by atoms with E-state index in [4.69, 9.17) is 37.0 Å². The van der Waals surface area contributed by atoms with Crippen molar-refractivity contribution in [3.8, 4) is 0 Å². The van der Waals surface area contributed by atoms with Gasteiger partial charge in [0, 0.05) is 25.7 Å². The van der Waals surface area contributed by atoms with Crippen molar-refractivity contribution in [1.82, 2.24) is 0 Å². The van der Waals surface area contributed by atoms with Crippen LogP contribution in [0.25, 0.3) is 0 Å². The van der Waals surface area contributed by atoms with Crippen LogP contribution in [0.15, 0.2) is 97.2 Å². The fourth-order valence-corrected chi connectivity index (χ4v) is 11.8. The molecular weight excluding hydrogens is 1280 g/mol. The van der Waals surface area contributed by atoms with Crippen molar-refractivity contribution >= 4 is 39.5 Å². The number of esters is 4. The maximum absolute atomic E-state index is 13.1. The van der Waals surface area contributed by atoms with Gasteiger partial charge in [-0.3, -0.25) is 37.3 Å². The number of carbonyl (C=O) groups is 4. The number of allylic oxidation sites excluding steroid dienone is 16. The SMILES string of the molecule is CC/C=C\C/C=C\C/C=C\C/C=C\CCCCCCC(=O)OCC(COP(=O)(O)OCC(O)COP(=O)(O)OCC(COC(=O)CCCC/C=C\C/C=C\C/C=C\C/C=C\CC)OC(=O)CCCCCCCCCCCCC)OC(=O)CCCCCCCCCCCCCCCCC. The van der Waals surface area contributed by atoms with Crippen LogP contribution < -0.4 is 0 Å². The molecule has 566 valence electrons. The molecule has 0 aliphatic rings. The van der Waals surface area contributed by atoms with Gasteiger partial charge in [0.15, 0.2) is 12.2 Å². The highest BCUT2D eigenvalue weighted by Crippen LogP contribution is 2.45. The zero-order valence-electron chi connectivity index (χ0n) is 61.7. The summed E-state index contributed by atoms with van der Waals surface area (Å²) in [5, 5.41) is 10.6. The third-order valence-electron chi connectivity index (χ3n) is 16.1. The lowest BCUT2D eigenvalue weighted by molar-refractivity contribution is -0.161. The molecule has 17 nitrogen and oxygen atoms in total. The number of hydrogen-bond acceptors (Lipinski definition) is 15. The quantitative estimate of drug-likeness (QED) is 0.0169. The molecule has 5 atom stereocenters. The maximum atomic E-state index is 13.1. The summed E-state index contributed by atoms with van der Waals surface area (Å²) in [6, 6.07) is 0. The van der Waals surface area contributed by atoms with Gasteiger partial charge in [0.05, 0.1) is 26.4 Å². The minimum Gasteiger partial charge on any atom is -0.462 e. The Labute approximate surface area is 595 Å². The molecule has 0 bridgehead atoms. The molecule has 0 heterocycles. The summed E-state index contributed by atoms with van der Waals surface area (Å²) >= 11 is 0. The fraction of sp³-hybridized carbons (Fsp3) is 0.747. The van der Waals surface area contributed by atoms with Crippen molar-refractivity contribution in [3.05, 3.63) is 97.2 Å². The summed E-state index contributed by atoms with van der Waals surface area (Å²) in [6.07, 6.45) is 74.0. The molecule has 0 aromatic carbocycles. The van der Waals surface area contributed by atoms with Crippen molar-refractivity contribution in [1.29, 1.82) is 0 Å². The summed E-state index contributed by atoms with van der Waals surface area (Å²) in [6.45, 7) is 4.60. The molecule has 0 rings (SSSR count). The summed E-state index contributed by atoms with van der Waals surface area (Å²) in [5.74, 6) is -2.23. The highest BCUT2D eigenvalue weighted by Gasteiger charge is 2.30. The second kappa shape index (κ2) is 71.4. The number of aliphatic hydroxyl groups is 1. The minimum absolute atomic E-state index is 0.0881. The second-order valence-corrected chi connectivity index (χ2v) is 28.5. The van der Waals surface area contributed by atoms with Crippen molar-refractivity contribution in [2.75, 3.05) is 39.6 Å². The van der Waals surface area contributed by atoms with Crippen LogP contribution in [-0.2, 0) is 65.4 Å². The van der Waals surface area contributed by atoms with Crippen LogP contribution in [0.5, 0.6) is 0 Å². The first-order valence-corrected chi connectivity index (χ1v) is 41.5. The largest absolute Gasteiger partial charge is 0.472 e. The molecule has 19 heteroatoms.